The number of benzene rings is 1. The normalized spacial score (nSPS) is 18.0. The molecule has 2 aromatic rings. The van der Waals surface area contributed by atoms with Gasteiger partial charge in [0.1, 0.15) is 17.6 Å². The van der Waals surface area contributed by atoms with E-state index in [0.29, 0.717) is 18.7 Å². The fourth-order valence-electron chi connectivity index (χ4n) is 2.93. The van der Waals surface area contributed by atoms with Gasteiger partial charge < -0.3 is 24.5 Å². The molecule has 7 nitrogen and oxygen atoms in total. The number of hydrogen-bond acceptors (Lipinski definition) is 4. The van der Waals surface area contributed by atoms with Crippen molar-refractivity contribution in [3.05, 3.63) is 54.0 Å². The summed E-state index contributed by atoms with van der Waals surface area (Å²) in [7, 11) is 1.59. The molecule has 2 N–H and O–H groups in total. The highest BCUT2D eigenvalue weighted by molar-refractivity contribution is 5.78. The van der Waals surface area contributed by atoms with E-state index in [1.165, 1.54) is 4.90 Å². The van der Waals surface area contributed by atoms with Gasteiger partial charge in [-0.2, -0.15) is 0 Å². The van der Waals surface area contributed by atoms with Crippen LogP contribution >= 0.6 is 0 Å². The molecule has 25 heavy (non-hydrogen) atoms. The number of likely N-dealkylation sites (tertiary alicyclic amines) is 1. The number of urea groups is 1. The molecule has 2 atom stereocenters. The third-order valence-corrected chi connectivity index (χ3v) is 4.37. The lowest BCUT2D eigenvalue weighted by Crippen LogP contribution is -2.41. The summed E-state index contributed by atoms with van der Waals surface area (Å²) in [5.41, 5.74) is 0.845. The lowest BCUT2D eigenvalue weighted by atomic mass is 10.0. The van der Waals surface area contributed by atoms with Crippen LogP contribution in [0.2, 0.25) is 0 Å². The van der Waals surface area contributed by atoms with Crippen LogP contribution in [0.1, 0.15) is 23.8 Å². The van der Waals surface area contributed by atoms with E-state index in [0.717, 1.165) is 11.3 Å². The number of carboxylic acids is 1. The van der Waals surface area contributed by atoms with Crippen molar-refractivity contribution in [2.75, 3.05) is 20.2 Å². The average molecular weight is 344 g/mol. The molecule has 2 unspecified atom stereocenters. The first-order valence-corrected chi connectivity index (χ1v) is 8.04. The maximum absolute atomic E-state index is 12.6. The molecular weight excluding hydrogens is 324 g/mol. The molecule has 132 valence electrons. The maximum Gasteiger partial charge on any atom is 0.318 e. The molecular formula is C18H20N2O5. The van der Waals surface area contributed by atoms with Crippen molar-refractivity contribution in [1.29, 1.82) is 0 Å². The monoisotopic (exact) mass is 344 g/mol. The number of aliphatic carboxylic acids is 1. The van der Waals surface area contributed by atoms with E-state index in [-0.39, 0.29) is 12.6 Å². The van der Waals surface area contributed by atoms with Crippen molar-refractivity contribution in [2.45, 2.75) is 12.5 Å². The van der Waals surface area contributed by atoms with Gasteiger partial charge in [0.15, 0.2) is 0 Å². The van der Waals surface area contributed by atoms with Crippen LogP contribution in [0, 0.1) is 5.92 Å². The van der Waals surface area contributed by atoms with E-state index in [9.17, 15) is 9.59 Å². The number of amides is 2. The Hall–Kier alpha value is -2.96. The highest BCUT2D eigenvalue weighted by Gasteiger charge is 2.32. The van der Waals surface area contributed by atoms with E-state index >= 15 is 0 Å². The molecule has 1 saturated heterocycles. The predicted octanol–water partition coefficient (Wildman–Crippen LogP) is 2.49. The molecule has 1 fully saturated rings. The van der Waals surface area contributed by atoms with Crippen molar-refractivity contribution in [1.82, 2.24) is 10.2 Å². The van der Waals surface area contributed by atoms with Gasteiger partial charge in [-0.3, -0.25) is 4.79 Å². The average Bonchev–Trinajstić information content (AvgIpc) is 3.31. The van der Waals surface area contributed by atoms with Gasteiger partial charge >= 0.3 is 12.0 Å². The Kier molecular flexibility index (Phi) is 4.92. The van der Waals surface area contributed by atoms with Gasteiger partial charge in [0, 0.05) is 13.1 Å². The molecule has 0 bridgehead atoms. The quantitative estimate of drug-likeness (QED) is 0.869. The Balaban J connectivity index is 1.76. The molecule has 1 aromatic carbocycles. The molecule has 1 aliphatic rings. The fraction of sp³-hybridized carbons (Fsp3) is 0.333. The van der Waals surface area contributed by atoms with E-state index in [2.05, 4.69) is 5.32 Å². The van der Waals surface area contributed by atoms with Gasteiger partial charge in [0.05, 0.1) is 19.3 Å². The predicted molar refractivity (Wildman–Crippen MR) is 89.4 cm³/mol. The van der Waals surface area contributed by atoms with E-state index in [1.54, 1.807) is 25.5 Å². The molecule has 0 saturated carbocycles. The second-order valence-corrected chi connectivity index (χ2v) is 5.94. The smallest absolute Gasteiger partial charge is 0.318 e. The highest BCUT2D eigenvalue weighted by Crippen LogP contribution is 2.25. The van der Waals surface area contributed by atoms with Crippen molar-refractivity contribution >= 4 is 12.0 Å². The summed E-state index contributed by atoms with van der Waals surface area (Å²) >= 11 is 0. The molecule has 0 spiro atoms. The minimum absolute atomic E-state index is 0.217. The van der Waals surface area contributed by atoms with Gasteiger partial charge in [-0.05, 0) is 36.2 Å². The Morgan fingerprint density at radius 2 is 2.08 bits per heavy atom. The molecule has 0 radical (unpaired) electrons. The van der Waals surface area contributed by atoms with Crippen LogP contribution in [0.25, 0.3) is 0 Å². The molecule has 2 amide bonds. The van der Waals surface area contributed by atoms with Gasteiger partial charge in [0.2, 0.25) is 0 Å². The first-order valence-electron chi connectivity index (χ1n) is 8.04. The van der Waals surface area contributed by atoms with Crippen LogP contribution in [0.15, 0.2) is 47.1 Å². The number of ether oxygens (including phenoxy) is 1. The number of nitrogens with one attached hydrogen (secondary N) is 1. The topological polar surface area (TPSA) is 92.0 Å². The Morgan fingerprint density at radius 1 is 1.32 bits per heavy atom. The number of carboxylic acid groups (broad SMARTS) is 1. The number of carbonyl (C=O) groups excluding carboxylic acids is 1. The SMILES string of the molecule is COc1ccc(C(NC(=O)N2CCC(C(=O)O)C2)c2ccco2)cc1. The zero-order chi connectivity index (χ0) is 17.8. The fourth-order valence-corrected chi connectivity index (χ4v) is 2.93. The van der Waals surface area contributed by atoms with Crippen LogP contribution in [-0.2, 0) is 4.79 Å². The summed E-state index contributed by atoms with van der Waals surface area (Å²) < 4.78 is 10.6. The zero-order valence-corrected chi connectivity index (χ0v) is 13.8. The van der Waals surface area contributed by atoms with Crippen LogP contribution in [0.3, 0.4) is 0 Å². The Bertz CT molecular complexity index is 726. The van der Waals surface area contributed by atoms with Gasteiger partial charge in [-0.1, -0.05) is 12.1 Å². The summed E-state index contributed by atoms with van der Waals surface area (Å²) in [4.78, 5) is 25.2. The van der Waals surface area contributed by atoms with Crippen molar-refractivity contribution in [2.24, 2.45) is 5.92 Å². The lowest BCUT2D eigenvalue weighted by molar-refractivity contribution is -0.141. The van der Waals surface area contributed by atoms with E-state index < -0.39 is 17.9 Å². The second kappa shape index (κ2) is 7.29. The number of carbonyl (C=O) groups is 2. The standard InChI is InChI=1S/C18H20N2O5/c1-24-14-6-4-12(5-7-14)16(15-3-2-10-25-15)19-18(23)20-9-8-13(11-20)17(21)22/h2-7,10,13,16H,8-9,11H2,1H3,(H,19,23)(H,21,22). The molecule has 0 aliphatic carbocycles. The summed E-state index contributed by atoms with van der Waals surface area (Å²) in [6.45, 7) is 0.644. The number of furan rings is 1. The van der Waals surface area contributed by atoms with Crippen LogP contribution < -0.4 is 10.1 Å². The minimum Gasteiger partial charge on any atom is -0.497 e. The highest BCUT2D eigenvalue weighted by atomic mass is 16.5. The number of methoxy groups -OCH3 is 1. The van der Waals surface area contributed by atoms with Crippen molar-refractivity contribution in [3.8, 4) is 5.75 Å². The number of rotatable bonds is 5. The molecule has 1 aliphatic heterocycles. The van der Waals surface area contributed by atoms with Crippen molar-refractivity contribution in [3.63, 3.8) is 0 Å². The first-order chi connectivity index (χ1) is 12.1. The van der Waals surface area contributed by atoms with Gasteiger partial charge in [-0.25, -0.2) is 4.79 Å². The Labute approximate surface area is 145 Å². The summed E-state index contributed by atoms with van der Waals surface area (Å²) in [6.07, 6.45) is 2.02. The van der Waals surface area contributed by atoms with Gasteiger partial charge in [-0.15, -0.1) is 0 Å². The van der Waals surface area contributed by atoms with Crippen LogP contribution in [-0.4, -0.2) is 42.2 Å². The second-order valence-electron chi connectivity index (χ2n) is 5.94. The largest absolute Gasteiger partial charge is 0.497 e. The molecule has 7 heteroatoms. The minimum atomic E-state index is -0.868. The first kappa shape index (κ1) is 16.9. The molecule has 3 rings (SSSR count). The number of nitrogens with zero attached hydrogens (tertiary/aromatic N) is 1. The summed E-state index contributed by atoms with van der Waals surface area (Å²) in [5, 5.41) is 12.0. The lowest BCUT2D eigenvalue weighted by Gasteiger charge is -2.22. The van der Waals surface area contributed by atoms with E-state index in [4.69, 9.17) is 14.3 Å². The van der Waals surface area contributed by atoms with Crippen LogP contribution in [0.4, 0.5) is 4.79 Å². The van der Waals surface area contributed by atoms with Crippen LogP contribution in [0.5, 0.6) is 5.75 Å². The third kappa shape index (κ3) is 3.76. The third-order valence-electron chi connectivity index (χ3n) is 4.37. The number of hydrogen-bond donors (Lipinski definition) is 2. The zero-order valence-electron chi connectivity index (χ0n) is 13.8. The maximum atomic E-state index is 12.6. The van der Waals surface area contributed by atoms with E-state index in [1.807, 2.05) is 24.3 Å². The molecule has 2 heterocycles. The van der Waals surface area contributed by atoms with Gasteiger partial charge in [0.25, 0.3) is 0 Å². The summed E-state index contributed by atoms with van der Waals surface area (Å²) in [6, 6.07) is 10.1. The summed E-state index contributed by atoms with van der Waals surface area (Å²) in [5.74, 6) is -0.0496. The molecule has 1 aromatic heterocycles. The Morgan fingerprint density at radius 3 is 2.64 bits per heavy atom. The van der Waals surface area contributed by atoms with Crippen molar-refractivity contribution < 1.29 is 23.8 Å².